The van der Waals surface area contributed by atoms with Gasteiger partial charge in [0.2, 0.25) is 59.1 Å². The third-order valence-corrected chi connectivity index (χ3v) is 17.4. The van der Waals surface area contributed by atoms with Crippen LogP contribution in [0.25, 0.3) is 0 Å². The van der Waals surface area contributed by atoms with Crippen molar-refractivity contribution < 1.29 is 53.1 Å². The van der Waals surface area contributed by atoms with Crippen molar-refractivity contribution in [1.82, 2.24) is 51.5 Å². The highest BCUT2D eigenvalue weighted by molar-refractivity contribution is 6.00. The fourth-order valence-electron chi connectivity index (χ4n) is 12.2. The smallest absolute Gasteiger partial charge is 0.246 e. The molecule has 12 atom stereocenters. The van der Waals surface area contributed by atoms with Gasteiger partial charge in [-0.1, -0.05) is 111 Å². The first-order valence-corrected chi connectivity index (χ1v) is 30.0. The van der Waals surface area contributed by atoms with Crippen LogP contribution in [0.5, 0.6) is 5.75 Å². The maximum Gasteiger partial charge on any atom is 0.246 e. The van der Waals surface area contributed by atoms with Crippen LogP contribution in [-0.4, -0.2) is 170 Å². The molecule has 2 aromatic rings. The Bertz CT molecular complexity index is 2630. The van der Waals surface area contributed by atoms with Crippen molar-refractivity contribution in [3.63, 3.8) is 0 Å². The molecule has 82 heavy (non-hydrogen) atoms. The minimum Gasteiger partial charge on any atom is -0.508 e. The molecule has 0 radical (unpaired) electrons. The molecule has 0 bridgehead atoms. The predicted octanol–water partition coefficient (Wildman–Crippen LogP) is 2.86. The molecular weight excluding hydrogens is 1050 g/mol. The number of phenolic OH excluding ortho intramolecular Hbond substituents is 1. The first-order chi connectivity index (χ1) is 39.1. The number of fused-ring (bicyclic) bond motifs is 4. The molecule has 2 aromatic carbocycles. The number of hydrogen-bond donors (Lipinski definition) is 7. The topological polar surface area (TPSA) is 276 Å². The van der Waals surface area contributed by atoms with Crippen molar-refractivity contribution in [2.75, 3.05) is 26.2 Å². The van der Waals surface area contributed by atoms with Gasteiger partial charge in [-0.05, 0) is 105 Å². The molecule has 5 saturated heterocycles. The number of aromatic hydroxyl groups is 1. The lowest BCUT2D eigenvalue weighted by atomic mass is 9.96. The monoisotopic (exact) mass is 1140 g/mol. The summed E-state index contributed by atoms with van der Waals surface area (Å²) in [5.41, 5.74) is 1.30. The molecule has 5 aliphatic heterocycles. The molecule has 0 aliphatic carbocycles. The lowest BCUT2D eigenvalue weighted by Gasteiger charge is -2.35. The molecule has 5 fully saturated rings. The van der Waals surface area contributed by atoms with Crippen molar-refractivity contribution in [1.29, 1.82) is 0 Å². The fourth-order valence-corrected chi connectivity index (χ4v) is 12.2. The van der Waals surface area contributed by atoms with Gasteiger partial charge in [0.15, 0.2) is 0 Å². The van der Waals surface area contributed by atoms with Gasteiger partial charge in [-0.3, -0.25) is 47.9 Å². The highest BCUT2D eigenvalue weighted by Gasteiger charge is 2.48. The summed E-state index contributed by atoms with van der Waals surface area (Å²) in [6, 6.07) is 4.18. The van der Waals surface area contributed by atoms with Crippen LogP contribution >= 0.6 is 0 Å². The van der Waals surface area contributed by atoms with Crippen LogP contribution in [0, 0.1) is 23.7 Å². The summed E-state index contributed by atoms with van der Waals surface area (Å²) in [5.74, 6) is -7.15. The Morgan fingerprint density at radius 1 is 0.427 bits per heavy atom. The number of rotatable bonds is 11. The molecule has 0 aromatic heterocycles. The van der Waals surface area contributed by atoms with E-state index in [0.717, 1.165) is 0 Å². The Balaban J connectivity index is 1.26. The molecule has 0 spiro atoms. The van der Waals surface area contributed by atoms with Crippen molar-refractivity contribution in [2.24, 2.45) is 23.7 Å². The van der Waals surface area contributed by atoms with Gasteiger partial charge in [0.25, 0.3) is 0 Å². The number of carbonyl (C=O) groups is 10. The van der Waals surface area contributed by atoms with E-state index in [1.807, 2.05) is 40.7 Å². The van der Waals surface area contributed by atoms with E-state index in [1.54, 1.807) is 57.2 Å². The van der Waals surface area contributed by atoms with Gasteiger partial charge < -0.3 is 56.6 Å². The van der Waals surface area contributed by atoms with Crippen molar-refractivity contribution in [2.45, 2.75) is 199 Å². The number of nitrogens with zero attached hydrogens (tertiary/aromatic N) is 4. The van der Waals surface area contributed by atoms with Gasteiger partial charge in [0.1, 0.15) is 66.2 Å². The zero-order chi connectivity index (χ0) is 59.5. The third-order valence-electron chi connectivity index (χ3n) is 17.4. The normalized spacial score (nSPS) is 28.8. The highest BCUT2D eigenvalue weighted by Crippen LogP contribution is 2.30. The molecule has 5 aliphatic rings. The Morgan fingerprint density at radius 3 is 1.30 bits per heavy atom. The van der Waals surface area contributed by atoms with Gasteiger partial charge >= 0.3 is 0 Å². The second-order valence-electron chi connectivity index (χ2n) is 24.1. The Kier molecular flexibility index (Phi) is 21.6. The Hall–Kier alpha value is -7.06. The summed E-state index contributed by atoms with van der Waals surface area (Å²) in [6.07, 6.45) is 4.15. The molecule has 10 amide bonds. The molecule has 7 N–H and O–H groups in total. The van der Waals surface area contributed by atoms with E-state index in [0.29, 0.717) is 68.9 Å². The lowest BCUT2D eigenvalue weighted by Crippen LogP contribution is -2.62. The molecule has 5 heterocycles. The van der Waals surface area contributed by atoms with Gasteiger partial charge in [-0.2, -0.15) is 0 Å². The van der Waals surface area contributed by atoms with E-state index < -0.39 is 137 Å². The van der Waals surface area contributed by atoms with Gasteiger partial charge in [-0.15, -0.1) is 0 Å². The van der Waals surface area contributed by atoms with Crippen LogP contribution in [0.4, 0.5) is 0 Å². The first-order valence-electron chi connectivity index (χ1n) is 30.0. The standard InChI is InChI=1S/C61H88N10O11/c1-9-37(7)50-57(78)63-43(33-39-18-12-11-13-19-39)52(73)65-49(36(5)6)56(77)64-44(32-35(3)4)58(79)70-30-16-22-47(70)59(80)68-28-14-20-45(68)54(75)62-42(34-40-24-26-41(72)27-25-40)53(74)67-51(38(8)10-2)61(82)71-31-17-23-48(71)60(81)69-29-15-21-46(69)55(76)66-50/h11-13,18-19,24-27,35-38,42-51,72H,9-10,14-17,20-23,28-34H2,1-8H3,(H,62,75)(H,63,78)(H,64,77)(H,65,73)(H,66,76)(H,67,74)/t37?,38?,42-,43-,44-,45-,46-,47-,48-,49-,50+,51-/m0/s1. The van der Waals surface area contributed by atoms with Crippen LogP contribution in [0.3, 0.4) is 0 Å². The molecule has 448 valence electrons. The van der Waals surface area contributed by atoms with Crippen molar-refractivity contribution >= 4 is 59.1 Å². The maximum absolute atomic E-state index is 15.0. The van der Waals surface area contributed by atoms with Gasteiger partial charge in [0.05, 0.1) is 0 Å². The van der Waals surface area contributed by atoms with Gasteiger partial charge in [0, 0.05) is 39.0 Å². The average molecular weight is 1140 g/mol. The number of benzene rings is 2. The van der Waals surface area contributed by atoms with E-state index in [-0.39, 0.29) is 63.5 Å². The SMILES string of the molecule is CCC(C)[C@@H]1NC(=O)[C@H](Cc2ccc(O)cc2)NC(=O)[C@@H]2CCCN2C(=O)[C@@H]2CCCN2C(=O)[C@H](CC(C)C)NC(=O)[C@H](C(C)C)NC(=O)[C@H](Cc2ccccc2)NC(=O)[C@@H](C(C)CC)NC(=O)[C@@H]2CCCN2C(=O)[C@@H]2CCCN2C1=O. The second kappa shape index (κ2) is 28.3. The van der Waals surface area contributed by atoms with Crippen LogP contribution in [-0.2, 0) is 60.8 Å². The van der Waals surface area contributed by atoms with Gasteiger partial charge in [-0.25, -0.2) is 0 Å². The second-order valence-corrected chi connectivity index (χ2v) is 24.1. The molecular formula is C61H88N10O11. The maximum atomic E-state index is 15.0. The molecule has 21 nitrogen and oxygen atoms in total. The number of nitrogens with one attached hydrogen (secondary N) is 6. The summed E-state index contributed by atoms with van der Waals surface area (Å²) in [6.45, 7) is 15.5. The summed E-state index contributed by atoms with van der Waals surface area (Å²) in [5, 5.41) is 27.6. The highest BCUT2D eigenvalue weighted by atomic mass is 16.3. The molecule has 21 heteroatoms. The fraction of sp³-hybridized carbons (Fsp3) is 0.639. The van der Waals surface area contributed by atoms with E-state index >= 15 is 0 Å². The van der Waals surface area contributed by atoms with E-state index in [4.69, 9.17) is 0 Å². The summed E-state index contributed by atoms with van der Waals surface area (Å²) < 4.78 is 0. The van der Waals surface area contributed by atoms with Crippen molar-refractivity contribution in [3.05, 3.63) is 65.7 Å². The Labute approximate surface area is 482 Å². The van der Waals surface area contributed by atoms with E-state index in [2.05, 4.69) is 31.9 Å². The lowest BCUT2D eigenvalue weighted by molar-refractivity contribution is -0.149. The molecule has 0 saturated carbocycles. The van der Waals surface area contributed by atoms with E-state index in [1.165, 1.54) is 31.7 Å². The number of hydrogen-bond acceptors (Lipinski definition) is 11. The zero-order valence-corrected chi connectivity index (χ0v) is 49.1. The van der Waals surface area contributed by atoms with E-state index in [9.17, 15) is 53.1 Å². The summed E-state index contributed by atoms with van der Waals surface area (Å²) in [4.78, 5) is 153. The molecule has 7 rings (SSSR count). The summed E-state index contributed by atoms with van der Waals surface area (Å²) in [7, 11) is 0. The number of carbonyl (C=O) groups excluding carboxylic acids is 10. The van der Waals surface area contributed by atoms with Crippen LogP contribution in [0.2, 0.25) is 0 Å². The average Bonchev–Trinajstić information content (AvgIpc) is 4.51. The first kappa shape index (κ1) is 62.5. The van der Waals surface area contributed by atoms with Crippen LogP contribution in [0.1, 0.15) is 137 Å². The number of amides is 10. The van der Waals surface area contributed by atoms with Crippen molar-refractivity contribution in [3.8, 4) is 5.75 Å². The molecule has 2 unspecified atom stereocenters. The van der Waals surface area contributed by atoms with Crippen LogP contribution in [0.15, 0.2) is 54.6 Å². The quantitative estimate of drug-likeness (QED) is 0.172. The predicted molar refractivity (Wildman–Crippen MR) is 306 cm³/mol. The largest absolute Gasteiger partial charge is 0.508 e. The minimum absolute atomic E-state index is 0.00641. The number of phenols is 1. The zero-order valence-electron chi connectivity index (χ0n) is 49.1. The summed E-state index contributed by atoms with van der Waals surface area (Å²) >= 11 is 0. The third kappa shape index (κ3) is 14.9. The van der Waals surface area contributed by atoms with Crippen LogP contribution < -0.4 is 31.9 Å². The Morgan fingerprint density at radius 2 is 0.817 bits per heavy atom. The minimum atomic E-state index is -1.27.